The number of aromatic nitrogens is 2. The zero-order valence-electron chi connectivity index (χ0n) is 17.5. The number of amides is 2. The number of hydrogen-bond acceptors (Lipinski definition) is 4. The molecule has 0 fully saturated rings. The zero-order valence-corrected chi connectivity index (χ0v) is 17.5. The molecule has 0 aliphatic carbocycles. The van der Waals surface area contributed by atoms with Crippen molar-refractivity contribution in [3.8, 4) is 0 Å². The second-order valence-corrected chi connectivity index (χ2v) is 7.58. The molecule has 9 nitrogen and oxygen atoms in total. The Labute approximate surface area is 182 Å². The van der Waals surface area contributed by atoms with E-state index < -0.39 is 11.9 Å². The van der Waals surface area contributed by atoms with E-state index in [2.05, 4.69) is 20.6 Å². The molecule has 5 N–H and O–H groups in total. The van der Waals surface area contributed by atoms with Crippen molar-refractivity contribution in [2.24, 2.45) is 0 Å². The SMILES string of the molecule is Cc1[nH]c(C=C2C(=O)Nc3cc(NC(=O)c4c[nH]cc(C)c4=O)ccc32)c(C)c1C(=O)O. The molecule has 1 aromatic carbocycles. The van der Waals surface area contributed by atoms with E-state index in [4.69, 9.17) is 0 Å². The van der Waals surface area contributed by atoms with E-state index in [0.29, 0.717) is 45.0 Å². The maximum absolute atomic E-state index is 12.6. The molecule has 0 atom stereocenters. The van der Waals surface area contributed by atoms with Crippen molar-refractivity contribution in [1.82, 2.24) is 9.97 Å². The molecule has 4 rings (SSSR count). The summed E-state index contributed by atoms with van der Waals surface area (Å²) in [6, 6.07) is 4.91. The number of nitrogens with one attached hydrogen (secondary N) is 4. The fourth-order valence-corrected chi connectivity index (χ4v) is 3.76. The summed E-state index contributed by atoms with van der Waals surface area (Å²) >= 11 is 0. The second-order valence-electron chi connectivity index (χ2n) is 7.58. The summed E-state index contributed by atoms with van der Waals surface area (Å²) in [4.78, 5) is 54.5. The molecule has 0 saturated heterocycles. The predicted octanol–water partition coefficient (Wildman–Crippen LogP) is 3.07. The van der Waals surface area contributed by atoms with Gasteiger partial charge in [-0.1, -0.05) is 6.07 Å². The van der Waals surface area contributed by atoms with E-state index in [1.54, 1.807) is 45.0 Å². The first-order valence-corrected chi connectivity index (χ1v) is 9.76. The van der Waals surface area contributed by atoms with Crippen LogP contribution < -0.4 is 16.1 Å². The number of pyridine rings is 1. The maximum Gasteiger partial charge on any atom is 0.337 e. The summed E-state index contributed by atoms with van der Waals surface area (Å²) < 4.78 is 0. The van der Waals surface area contributed by atoms with Gasteiger partial charge in [0, 0.05) is 40.6 Å². The van der Waals surface area contributed by atoms with Crippen molar-refractivity contribution in [3.63, 3.8) is 0 Å². The number of rotatable bonds is 4. The number of benzene rings is 1. The van der Waals surface area contributed by atoms with Crippen LogP contribution in [0.5, 0.6) is 0 Å². The number of aromatic carboxylic acids is 1. The van der Waals surface area contributed by atoms with Crippen LogP contribution in [0.4, 0.5) is 11.4 Å². The molecule has 0 spiro atoms. The fourth-order valence-electron chi connectivity index (χ4n) is 3.76. The Kier molecular flexibility index (Phi) is 5.01. The van der Waals surface area contributed by atoms with Gasteiger partial charge in [-0.3, -0.25) is 14.4 Å². The van der Waals surface area contributed by atoms with Crippen molar-refractivity contribution in [1.29, 1.82) is 0 Å². The van der Waals surface area contributed by atoms with Gasteiger partial charge in [0.25, 0.3) is 11.8 Å². The molecule has 0 saturated carbocycles. The Morgan fingerprint density at radius 1 is 1.09 bits per heavy atom. The molecule has 2 aromatic heterocycles. The molecule has 32 heavy (non-hydrogen) atoms. The minimum atomic E-state index is -1.04. The van der Waals surface area contributed by atoms with Crippen LogP contribution in [0.2, 0.25) is 0 Å². The van der Waals surface area contributed by atoms with Crippen LogP contribution in [0.3, 0.4) is 0 Å². The maximum atomic E-state index is 12.6. The van der Waals surface area contributed by atoms with Crippen molar-refractivity contribution >= 4 is 40.8 Å². The van der Waals surface area contributed by atoms with Gasteiger partial charge in [0.15, 0.2) is 5.43 Å². The standard InChI is InChI=1S/C23H20N4O5/c1-10-8-24-9-16(20(10)28)22(30)26-13-4-5-14-15(21(29)27-18(14)6-13)7-17-11(2)19(23(31)32)12(3)25-17/h4-9,25H,1-3H3,(H,24,28)(H,26,30)(H,27,29)(H,31,32). The van der Waals surface area contributed by atoms with Crippen LogP contribution >= 0.6 is 0 Å². The molecule has 1 aliphatic rings. The van der Waals surface area contributed by atoms with Gasteiger partial charge in [-0.2, -0.15) is 0 Å². The summed E-state index contributed by atoms with van der Waals surface area (Å²) in [5.41, 5.74) is 3.70. The largest absolute Gasteiger partial charge is 0.478 e. The zero-order chi connectivity index (χ0) is 23.2. The molecule has 2 amide bonds. The number of hydrogen-bond donors (Lipinski definition) is 5. The first-order chi connectivity index (χ1) is 15.2. The van der Waals surface area contributed by atoms with E-state index in [0.717, 1.165) is 0 Å². The smallest absolute Gasteiger partial charge is 0.337 e. The van der Waals surface area contributed by atoms with E-state index in [9.17, 15) is 24.3 Å². The third-order valence-corrected chi connectivity index (χ3v) is 5.41. The average molecular weight is 432 g/mol. The van der Waals surface area contributed by atoms with Crippen LogP contribution in [0.25, 0.3) is 11.6 Å². The van der Waals surface area contributed by atoms with Gasteiger partial charge in [0.1, 0.15) is 5.56 Å². The first-order valence-electron chi connectivity index (χ1n) is 9.76. The fraction of sp³-hybridized carbons (Fsp3) is 0.130. The number of fused-ring (bicyclic) bond motifs is 1. The molecular weight excluding hydrogens is 412 g/mol. The lowest BCUT2D eigenvalue weighted by Gasteiger charge is -2.07. The highest BCUT2D eigenvalue weighted by Crippen LogP contribution is 2.35. The number of carbonyl (C=O) groups excluding carboxylic acids is 2. The number of H-pyrrole nitrogens is 2. The van der Waals surface area contributed by atoms with Crippen LogP contribution in [-0.2, 0) is 4.79 Å². The number of anilines is 2. The van der Waals surface area contributed by atoms with Gasteiger partial charge in [-0.05, 0) is 44.5 Å². The van der Waals surface area contributed by atoms with Gasteiger partial charge in [0.2, 0.25) is 0 Å². The van der Waals surface area contributed by atoms with Crippen LogP contribution in [0.1, 0.15) is 48.8 Å². The highest BCUT2D eigenvalue weighted by Gasteiger charge is 2.26. The molecule has 9 heteroatoms. The molecule has 0 unspecified atom stereocenters. The van der Waals surface area contributed by atoms with Gasteiger partial charge in [-0.25, -0.2) is 4.79 Å². The minimum Gasteiger partial charge on any atom is -0.478 e. The third kappa shape index (κ3) is 3.49. The lowest BCUT2D eigenvalue weighted by atomic mass is 10.0. The quantitative estimate of drug-likeness (QED) is 0.403. The Hall–Kier alpha value is -4.40. The molecule has 3 heterocycles. The molecule has 3 aromatic rings. The van der Waals surface area contributed by atoms with E-state index in [1.165, 1.54) is 12.4 Å². The lowest BCUT2D eigenvalue weighted by molar-refractivity contribution is -0.110. The number of carboxylic acid groups (broad SMARTS) is 1. The summed E-state index contributed by atoms with van der Waals surface area (Å²) in [5, 5.41) is 14.8. The number of carbonyl (C=O) groups is 3. The van der Waals surface area contributed by atoms with E-state index >= 15 is 0 Å². The predicted molar refractivity (Wildman–Crippen MR) is 120 cm³/mol. The summed E-state index contributed by atoms with van der Waals surface area (Å²) in [7, 11) is 0. The number of aryl methyl sites for hydroxylation is 2. The van der Waals surface area contributed by atoms with Crippen LogP contribution in [0.15, 0.2) is 35.4 Å². The van der Waals surface area contributed by atoms with Crippen LogP contribution in [0, 0.1) is 20.8 Å². The van der Waals surface area contributed by atoms with Crippen molar-refractivity contribution in [2.45, 2.75) is 20.8 Å². The van der Waals surface area contributed by atoms with Gasteiger partial charge >= 0.3 is 5.97 Å². The number of aromatic amines is 2. The first kappa shape index (κ1) is 20.9. The molecular formula is C23H20N4O5. The lowest BCUT2D eigenvalue weighted by Crippen LogP contribution is -2.22. The van der Waals surface area contributed by atoms with E-state index in [1.807, 2.05) is 0 Å². The Bertz CT molecular complexity index is 1390. The van der Waals surface area contributed by atoms with Crippen molar-refractivity contribution < 1.29 is 19.5 Å². The van der Waals surface area contributed by atoms with E-state index in [-0.39, 0.29) is 22.5 Å². The average Bonchev–Trinajstić information content (AvgIpc) is 3.18. The summed E-state index contributed by atoms with van der Waals surface area (Å²) in [6.07, 6.45) is 4.47. The molecule has 1 aliphatic heterocycles. The highest BCUT2D eigenvalue weighted by atomic mass is 16.4. The molecule has 0 bridgehead atoms. The molecule has 0 radical (unpaired) electrons. The van der Waals surface area contributed by atoms with Crippen LogP contribution in [-0.4, -0.2) is 32.9 Å². The topological polar surface area (TPSA) is 144 Å². The summed E-state index contributed by atoms with van der Waals surface area (Å²) in [5.74, 6) is -1.94. The van der Waals surface area contributed by atoms with Gasteiger partial charge in [0.05, 0.1) is 16.8 Å². The Morgan fingerprint density at radius 2 is 1.84 bits per heavy atom. The van der Waals surface area contributed by atoms with Crippen molar-refractivity contribution in [3.05, 3.63) is 80.0 Å². The Morgan fingerprint density at radius 3 is 2.53 bits per heavy atom. The third-order valence-electron chi connectivity index (χ3n) is 5.41. The monoisotopic (exact) mass is 432 g/mol. The Balaban J connectivity index is 1.65. The summed E-state index contributed by atoms with van der Waals surface area (Å²) in [6.45, 7) is 4.95. The van der Waals surface area contributed by atoms with Gasteiger partial charge in [-0.15, -0.1) is 0 Å². The van der Waals surface area contributed by atoms with Gasteiger partial charge < -0.3 is 25.7 Å². The number of carboxylic acids is 1. The minimum absolute atomic E-state index is 0.0121. The van der Waals surface area contributed by atoms with Crippen molar-refractivity contribution in [2.75, 3.05) is 10.6 Å². The molecule has 162 valence electrons. The normalized spacial score (nSPS) is 13.7. The second kappa shape index (κ2) is 7.69. The highest BCUT2D eigenvalue weighted by molar-refractivity contribution is 6.35.